The lowest BCUT2D eigenvalue weighted by atomic mass is 9.88. The van der Waals surface area contributed by atoms with Gasteiger partial charge in [-0.25, -0.2) is 4.79 Å². The molecule has 7 heteroatoms. The van der Waals surface area contributed by atoms with Crippen LogP contribution >= 0.6 is 11.6 Å². The van der Waals surface area contributed by atoms with E-state index in [0.29, 0.717) is 5.02 Å². The van der Waals surface area contributed by atoms with Crippen molar-refractivity contribution in [2.45, 2.75) is 18.4 Å². The maximum Gasteiger partial charge on any atom is 0.319 e. The second kappa shape index (κ2) is 8.90. The van der Waals surface area contributed by atoms with E-state index in [-0.39, 0.29) is 18.0 Å². The predicted octanol–water partition coefficient (Wildman–Crippen LogP) is 2.93. The number of amides is 2. The second-order valence-electron chi connectivity index (χ2n) is 7.65. The van der Waals surface area contributed by atoms with Gasteiger partial charge in [0.05, 0.1) is 5.02 Å². The van der Waals surface area contributed by atoms with Crippen molar-refractivity contribution in [2.24, 2.45) is 5.92 Å². The zero-order valence-corrected chi connectivity index (χ0v) is 16.5. The summed E-state index contributed by atoms with van der Waals surface area (Å²) in [5.41, 5.74) is 1.77. The molecule has 2 saturated heterocycles. The molecule has 2 fully saturated rings. The van der Waals surface area contributed by atoms with Crippen LogP contribution in [0.4, 0.5) is 10.5 Å². The van der Waals surface area contributed by atoms with Crippen molar-refractivity contribution in [3.8, 4) is 0 Å². The molecule has 2 aliphatic heterocycles. The van der Waals surface area contributed by atoms with Gasteiger partial charge in [-0.15, -0.1) is 0 Å². The summed E-state index contributed by atoms with van der Waals surface area (Å²) in [6, 6.07) is 13.2. The van der Waals surface area contributed by atoms with Crippen LogP contribution in [0.5, 0.6) is 0 Å². The Labute approximate surface area is 170 Å². The number of halogens is 1. The van der Waals surface area contributed by atoms with E-state index in [4.69, 9.17) is 11.6 Å². The van der Waals surface area contributed by atoms with E-state index in [1.165, 1.54) is 0 Å². The molecule has 2 aliphatic rings. The maximum absolute atomic E-state index is 12.5. The average Bonchev–Trinajstić information content (AvgIpc) is 2.67. The van der Waals surface area contributed by atoms with Crippen LogP contribution in [0.3, 0.4) is 0 Å². The van der Waals surface area contributed by atoms with Gasteiger partial charge in [0.25, 0.3) is 0 Å². The van der Waals surface area contributed by atoms with Gasteiger partial charge in [-0.05, 0) is 36.6 Å². The maximum atomic E-state index is 12.5. The van der Waals surface area contributed by atoms with Crippen molar-refractivity contribution < 1.29 is 4.79 Å². The van der Waals surface area contributed by atoms with E-state index in [0.717, 1.165) is 56.4 Å². The van der Waals surface area contributed by atoms with E-state index in [1.54, 1.807) is 6.20 Å². The highest BCUT2D eigenvalue weighted by Crippen LogP contribution is 2.28. The monoisotopic (exact) mass is 399 g/mol. The summed E-state index contributed by atoms with van der Waals surface area (Å²) in [6.07, 6.45) is 2.59. The minimum Gasteiger partial charge on any atom is -0.334 e. The molecule has 28 heavy (non-hydrogen) atoms. The molecule has 0 aliphatic carbocycles. The van der Waals surface area contributed by atoms with Crippen molar-refractivity contribution in [3.63, 3.8) is 0 Å². The normalized spacial score (nSPS) is 23.0. The third-order valence-corrected chi connectivity index (χ3v) is 5.78. The fourth-order valence-corrected chi connectivity index (χ4v) is 4.08. The fourth-order valence-electron chi connectivity index (χ4n) is 3.96. The molecule has 3 heterocycles. The predicted molar refractivity (Wildman–Crippen MR) is 112 cm³/mol. The van der Waals surface area contributed by atoms with Crippen molar-refractivity contribution in [2.75, 3.05) is 38.0 Å². The number of piperidine rings is 1. The van der Waals surface area contributed by atoms with Crippen LogP contribution in [-0.4, -0.2) is 54.7 Å². The summed E-state index contributed by atoms with van der Waals surface area (Å²) in [4.78, 5) is 19.6. The highest BCUT2D eigenvalue weighted by molar-refractivity contribution is 6.30. The van der Waals surface area contributed by atoms with Gasteiger partial charge >= 0.3 is 6.03 Å². The van der Waals surface area contributed by atoms with Crippen LogP contribution < -0.4 is 16.0 Å². The number of likely N-dealkylation sites (tertiary alicyclic amines) is 1. The summed E-state index contributed by atoms with van der Waals surface area (Å²) in [5.74, 6) is 0.866. The van der Waals surface area contributed by atoms with Crippen molar-refractivity contribution in [1.82, 2.24) is 20.5 Å². The van der Waals surface area contributed by atoms with Gasteiger partial charge in [-0.1, -0.05) is 29.8 Å². The van der Waals surface area contributed by atoms with Gasteiger partial charge in [0.15, 0.2) is 0 Å². The molecule has 1 aromatic heterocycles. The molecule has 0 bridgehead atoms. The second-order valence-corrected chi connectivity index (χ2v) is 8.09. The number of pyridine rings is 1. The molecule has 2 aromatic rings. The number of nitrogens with zero attached hydrogens (tertiary/aromatic N) is 2. The lowest BCUT2D eigenvalue weighted by molar-refractivity contribution is 0.135. The number of benzene rings is 1. The molecule has 3 N–H and O–H groups in total. The molecule has 1 aromatic carbocycles. The lowest BCUT2D eigenvalue weighted by Gasteiger charge is -2.41. The van der Waals surface area contributed by atoms with Gasteiger partial charge < -0.3 is 20.9 Å². The van der Waals surface area contributed by atoms with Crippen LogP contribution in [0.25, 0.3) is 0 Å². The smallest absolute Gasteiger partial charge is 0.319 e. The van der Waals surface area contributed by atoms with Crippen LogP contribution in [0.2, 0.25) is 5.02 Å². The zero-order valence-electron chi connectivity index (χ0n) is 15.8. The van der Waals surface area contributed by atoms with E-state index in [2.05, 4.69) is 25.8 Å². The van der Waals surface area contributed by atoms with Crippen molar-refractivity contribution in [1.29, 1.82) is 0 Å². The molecule has 0 saturated carbocycles. The van der Waals surface area contributed by atoms with E-state index < -0.39 is 0 Å². The Morgan fingerprint density at radius 3 is 2.71 bits per heavy atom. The summed E-state index contributed by atoms with van der Waals surface area (Å²) < 4.78 is 0. The lowest BCUT2D eigenvalue weighted by Crippen LogP contribution is -2.54. The van der Waals surface area contributed by atoms with E-state index in [1.807, 2.05) is 42.5 Å². The van der Waals surface area contributed by atoms with Crippen LogP contribution in [-0.2, 0) is 0 Å². The Morgan fingerprint density at radius 2 is 2.04 bits per heavy atom. The first kappa shape index (κ1) is 19.2. The number of hydrogen-bond donors (Lipinski definition) is 3. The highest BCUT2D eigenvalue weighted by Gasteiger charge is 2.34. The van der Waals surface area contributed by atoms with Gasteiger partial charge in [0, 0.05) is 62.3 Å². The Bertz CT molecular complexity index is 781. The Kier molecular flexibility index (Phi) is 6.10. The van der Waals surface area contributed by atoms with Crippen LogP contribution in [0.15, 0.2) is 48.7 Å². The minimum atomic E-state index is -0.174. The average molecular weight is 400 g/mol. The van der Waals surface area contributed by atoms with Gasteiger partial charge in [-0.3, -0.25) is 4.98 Å². The van der Waals surface area contributed by atoms with Gasteiger partial charge in [0.2, 0.25) is 0 Å². The van der Waals surface area contributed by atoms with E-state index >= 15 is 0 Å². The molecule has 148 valence electrons. The Morgan fingerprint density at radius 1 is 1.21 bits per heavy atom. The first-order chi connectivity index (χ1) is 13.7. The fraction of sp³-hybridized carbons (Fsp3) is 0.429. The molecule has 2 amide bonds. The zero-order chi connectivity index (χ0) is 19.3. The molecule has 2 unspecified atom stereocenters. The number of aromatic nitrogens is 1. The molecule has 6 nitrogen and oxygen atoms in total. The summed E-state index contributed by atoms with van der Waals surface area (Å²) in [5, 5.41) is 10.1. The van der Waals surface area contributed by atoms with Crippen molar-refractivity contribution in [3.05, 3.63) is 59.4 Å². The van der Waals surface area contributed by atoms with Crippen molar-refractivity contribution >= 4 is 23.3 Å². The number of para-hydroxylation sites is 1. The number of urea groups is 1. The quantitative estimate of drug-likeness (QED) is 0.723. The van der Waals surface area contributed by atoms with Crippen LogP contribution in [0, 0.1) is 5.92 Å². The molecular formula is C21H26ClN5O. The minimum absolute atomic E-state index is 0.0353. The number of hydrogen-bond acceptors (Lipinski definition) is 4. The standard InChI is InChI=1S/C21H26ClN5O/c22-16-6-7-19(24-12-16)18-14-27(13-15-10-23-11-15)9-8-20(18)26-21(28)25-17-4-2-1-3-5-17/h1-7,12,15,18,20,23H,8-11,13-14H2,(H2,25,26,28). The summed E-state index contributed by atoms with van der Waals surface area (Å²) in [6.45, 7) is 5.17. The molecule has 0 spiro atoms. The molecule has 2 atom stereocenters. The topological polar surface area (TPSA) is 69.3 Å². The molecule has 0 radical (unpaired) electrons. The molecular weight excluding hydrogens is 374 g/mol. The Balaban J connectivity index is 1.44. The van der Waals surface area contributed by atoms with E-state index in [9.17, 15) is 4.79 Å². The van der Waals surface area contributed by atoms with Gasteiger partial charge in [-0.2, -0.15) is 0 Å². The highest BCUT2D eigenvalue weighted by atomic mass is 35.5. The van der Waals surface area contributed by atoms with Crippen LogP contribution in [0.1, 0.15) is 18.0 Å². The molecule has 4 rings (SSSR count). The third-order valence-electron chi connectivity index (χ3n) is 5.56. The summed E-state index contributed by atoms with van der Waals surface area (Å²) >= 11 is 6.03. The number of nitrogens with one attached hydrogen (secondary N) is 3. The van der Waals surface area contributed by atoms with Gasteiger partial charge in [0.1, 0.15) is 0 Å². The number of carbonyl (C=O) groups excluding carboxylic acids is 1. The summed E-state index contributed by atoms with van der Waals surface area (Å²) in [7, 11) is 0. The number of rotatable bonds is 5. The SMILES string of the molecule is O=C(Nc1ccccc1)NC1CCN(CC2CNC2)CC1c1ccc(Cl)cn1. The third kappa shape index (κ3) is 4.82. The first-order valence-electron chi connectivity index (χ1n) is 9.84. The largest absolute Gasteiger partial charge is 0.334 e. The first-order valence-corrected chi connectivity index (χ1v) is 10.2. The Hall–Kier alpha value is -2.15. The number of carbonyl (C=O) groups is 1. The number of anilines is 1.